The van der Waals surface area contributed by atoms with Crippen molar-refractivity contribution in [3.63, 3.8) is 0 Å². The lowest BCUT2D eigenvalue weighted by Crippen LogP contribution is -2.37. The molecule has 3 aromatic rings. The topological polar surface area (TPSA) is 85.5 Å². The van der Waals surface area contributed by atoms with Crippen molar-refractivity contribution in [2.24, 2.45) is 5.92 Å². The quantitative estimate of drug-likeness (QED) is 0.540. The fraction of sp³-hybridized carbons (Fsp3) is 0.364. The second kappa shape index (κ2) is 8.98. The van der Waals surface area contributed by atoms with Crippen molar-refractivity contribution in [2.75, 3.05) is 20.2 Å². The number of sulfonamides is 1. The number of methoxy groups -OCH3 is 1. The van der Waals surface area contributed by atoms with Gasteiger partial charge < -0.3 is 9.26 Å². The zero-order valence-corrected chi connectivity index (χ0v) is 19.0. The predicted octanol–water partition coefficient (Wildman–Crippen LogP) is 4.41. The van der Waals surface area contributed by atoms with Crippen LogP contribution in [0.2, 0.25) is 5.02 Å². The lowest BCUT2D eigenvalue weighted by atomic mass is 10.0. The minimum atomic E-state index is -3.48. The summed E-state index contributed by atoms with van der Waals surface area (Å²) in [4.78, 5) is 4.71. The van der Waals surface area contributed by atoms with Crippen molar-refractivity contribution in [1.82, 2.24) is 14.4 Å². The average molecular weight is 462 g/mol. The van der Waals surface area contributed by atoms with E-state index in [1.54, 1.807) is 47.8 Å². The summed E-state index contributed by atoms with van der Waals surface area (Å²) in [5, 5.41) is 4.54. The highest BCUT2D eigenvalue weighted by atomic mass is 35.5. The Morgan fingerprint density at radius 3 is 2.52 bits per heavy atom. The van der Waals surface area contributed by atoms with Crippen LogP contribution in [0.15, 0.2) is 51.9 Å². The van der Waals surface area contributed by atoms with Gasteiger partial charge in [0.25, 0.3) is 0 Å². The average Bonchev–Trinajstić information content (AvgIpc) is 3.23. The molecule has 1 fully saturated rings. The van der Waals surface area contributed by atoms with Crippen molar-refractivity contribution in [1.29, 1.82) is 0 Å². The van der Waals surface area contributed by atoms with Gasteiger partial charge in [0, 0.05) is 18.7 Å². The van der Waals surface area contributed by atoms with Gasteiger partial charge in [-0.1, -0.05) is 29.7 Å². The molecule has 4 rings (SSSR count). The van der Waals surface area contributed by atoms with Gasteiger partial charge in [-0.2, -0.15) is 9.29 Å². The minimum absolute atomic E-state index is 0.280. The number of hydrogen-bond acceptors (Lipinski definition) is 6. The van der Waals surface area contributed by atoms with Crippen molar-refractivity contribution in [3.05, 3.63) is 58.9 Å². The van der Waals surface area contributed by atoms with Crippen LogP contribution in [0.1, 0.15) is 31.2 Å². The van der Waals surface area contributed by atoms with E-state index >= 15 is 0 Å². The van der Waals surface area contributed by atoms with E-state index in [9.17, 15) is 8.42 Å². The maximum atomic E-state index is 12.9. The van der Waals surface area contributed by atoms with Gasteiger partial charge in [0.15, 0.2) is 0 Å². The monoisotopic (exact) mass is 461 g/mol. The summed E-state index contributed by atoms with van der Waals surface area (Å²) in [7, 11) is -1.92. The van der Waals surface area contributed by atoms with E-state index in [1.807, 2.05) is 6.07 Å². The van der Waals surface area contributed by atoms with Crippen LogP contribution in [-0.4, -0.2) is 43.1 Å². The Kier molecular flexibility index (Phi) is 6.31. The molecule has 7 nitrogen and oxygen atoms in total. The van der Waals surface area contributed by atoms with Crippen molar-refractivity contribution < 1.29 is 17.7 Å². The van der Waals surface area contributed by atoms with Crippen LogP contribution < -0.4 is 4.74 Å². The molecule has 1 aromatic heterocycles. The summed E-state index contributed by atoms with van der Waals surface area (Å²) in [6, 6.07) is 12.1. The van der Waals surface area contributed by atoms with Gasteiger partial charge in [0.05, 0.1) is 23.4 Å². The third kappa shape index (κ3) is 4.76. The summed E-state index contributed by atoms with van der Waals surface area (Å²) in [6.45, 7) is 3.28. The summed E-state index contributed by atoms with van der Waals surface area (Å²) in [6.07, 6.45) is 2.21. The molecule has 2 aromatic carbocycles. The van der Waals surface area contributed by atoms with E-state index in [2.05, 4.69) is 17.1 Å². The van der Waals surface area contributed by atoms with E-state index in [0.29, 0.717) is 53.5 Å². The SMILES string of the molecule is COc1ccc(Cc2nc(-c3ccc(S(=O)(=O)N4CCC(C)CC4)cc3)no2)cc1Cl. The van der Waals surface area contributed by atoms with Gasteiger partial charge in [0.2, 0.25) is 21.7 Å². The predicted molar refractivity (Wildman–Crippen MR) is 118 cm³/mol. The molecule has 1 aliphatic heterocycles. The van der Waals surface area contributed by atoms with Gasteiger partial charge in [-0.15, -0.1) is 0 Å². The number of hydrogen-bond donors (Lipinski definition) is 0. The van der Waals surface area contributed by atoms with E-state index in [4.69, 9.17) is 20.9 Å². The lowest BCUT2D eigenvalue weighted by Gasteiger charge is -2.29. The molecule has 0 bridgehead atoms. The van der Waals surface area contributed by atoms with Crippen LogP contribution in [0.4, 0.5) is 0 Å². The first-order chi connectivity index (χ1) is 14.9. The Bertz CT molecular complexity index is 1150. The van der Waals surface area contributed by atoms with Crippen LogP contribution in [0, 0.1) is 5.92 Å². The molecular formula is C22H24ClN3O4S. The molecule has 31 heavy (non-hydrogen) atoms. The maximum Gasteiger partial charge on any atom is 0.243 e. The molecule has 164 valence electrons. The molecule has 0 unspecified atom stereocenters. The van der Waals surface area contributed by atoms with Gasteiger partial charge >= 0.3 is 0 Å². The molecule has 0 aliphatic carbocycles. The van der Waals surface area contributed by atoms with E-state index in [1.165, 1.54) is 0 Å². The van der Waals surface area contributed by atoms with Gasteiger partial charge in [-0.25, -0.2) is 8.42 Å². The zero-order valence-electron chi connectivity index (χ0n) is 17.4. The molecule has 0 saturated carbocycles. The van der Waals surface area contributed by atoms with E-state index < -0.39 is 10.0 Å². The smallest absolute Gasteiger partial charge is 0.243 e. The minimum Gasteiger partial charge on any atom is -0.495 e. The van der Waals surface area contributed by atoms with Crippen molar-refractivity contribution in [2.45, 2.75) is 31.1 Å². The molecule has 9 heteroatoms. The zero-order chi connectivity index (χ0) is 22.0. The Morgan fingerprint density at radius 2 is 1.87 bits per heavy atom. The molecule has 0 N–H and O–H groups in total. The molecular weight excluding hydrogens is 438 g/mol. The Morgan fingerprint density at radius 1 is 1.16 bits per heavy atom. The number of rotatable bonds is 6. The standard InChI is InChI=1S/C22H24ClN3O4S/c1-15-9-11-26(12-10-15)31(27,28)18-6-4-17(5-7-18)22-24-21(30-25-22)14-16-3-8-20(29-2)19(23)13-16/h3-8,13,15H,9-12,14H2,1-2H3. The summed E-state index contributed by atoms with van der Waals surface area (Å²) < 4.78 is 37.8. The van der Waals surface area contributed by atoms with Gasteiger partial charge in [-0.3, -0.25) is 0 Å². The van der Waals surface area contributed by atoms with Crippen molar-refractivity contribution in [3.8, 4) is 17.1 Å². The first-order valence-electron chi connectivity index (χ1n) is 10.1. The number of ether oxygens (including phenoxy) is 1. The number of nitrogens with zero attached hydrogens (tertiary/aromatic N) is 3. The normalized spacial score (nSPS) is 15.8. The number of piperidine rings is 1. The molecule has 0 atom stereocenters. The summed E-state index contributed by atoms with van der Waals surface area (Å²) >= 11 is 6.17. The Hall–Kier alpha value is -2.42. The van der Waals surface area contributed by atoms with Crippen LogP contribution >= 0.6 is 11.6 Å². The number of halogens is 1. The molecule has 1 aliphatic rings. The first-order valence-corrected chi connectivity index (χ1v) is 11.9. The second-order valence-electron chi connectivity index (χ2n) is 7.77. The highest BCUT2D eigenvalue weighted by Gasteiger charge is 2.28. The van der Waals surface area contributed by atoms with Gasteiger partial charge in [-0.05, 0) is 60.7 Å². The Labute approximate surface area is 187 Å². The van der Waals surface area contributed by atoms with Crippen LogP contribution in [0.3, 0.4) is 0 Å². The molecule has 0 amide bonds. The van der Waals surface area contributed by atoms with E-state index in [-0.39, 0.29) is 4.90 Å². The highest BCUT2D eigenvalue weighted by Crippen LogP contribution is 2.27. The van der Waals surface area contributed by atoms with Crippen LogP contribution in [-0.2, 0) is 16.4 Å². The van der Waals surface area contributed by atoms with Crippen LogP contribution in [0.25, 0.3) is 11.4 Å². The largest absolute Gasteiger partial charge is 0.495 e. The summed E-state index contributed by atoms with van der Waals surface area (Å²) in [5.74, 6) is 2.02. The van der Waals surface area contributed by atoms with Crippen LogP contribution in [0.5, 0.6) is 5.75 Å². The number of benzene rings is 2. The number of aromatic nitrogens is 2. The van der Waals surface area contributed by atoms with E-state index in [0.717, 1.165) is 18.4 Å². The first kappa shape index (κ1) is 21.8. The molecule has 0 radical (unpaired) electrons. The fourth-order valence-corrected chi connectivity index (χ4v) is 5.34. The third-order valence-corrected chi connectivity index (χ3v) is 7.74. The molecule has 1 saturated heterocycles. The maximum absolute atomic E-state index is 12.9. The highest BCUT2D eigenvalue weighted by molar-refractivity contribution is 7.89. The fourth-order valence-electron chi connectivity index (χ4n) is 3.59. The molecule has 0 spiro atoms. The third-order valence-electron chi connectivity index (χ3n) is 5.53. The lowest BCUT2D eigenvalue weighted by molar-refractivity contribution is 0.288. The van der Waals surface area contributed by atoms with Gasteiger partial charge in [0.1, 0.15) is 5.75 Å². The summed E-state index contributed by atoms with van der Waals surface area (Å²) in [5.41, 5.74) is 1.60. The van der Waals surface area contributed by atoms with Crippen molar-refractivity contribution >= 4 is 21.6 Å². The molecule has 2 heterocycles. The second-order valence-corrected chi connectivity index (χ2v) is 10.1. The Balaban J connectivity index is 1.47.